The zero-order valence-electron chi connectivity index (χ0n) is 26.3. The Morgan fingerprint density at radius 1 is 0.809 bits per heavy atom. The molecule has 0 radical (unpaired) electrons. The van der Waals surface area contributed by atoms with Crippen LogP contribution in [0, 0.1) is 18.6 Å². The summed E-state index contributed by atoms with van der Waals surface area (Å²) in [5, 5.41) is 3.14. The summed E-state index contributed by atoms with van der Waals surface area (Å²) in [6, 6.07) is 25.2. The Balaban J connectivity index is 1.56. The van der Waals surface area contributed by atoms with Crippen molar-refractivity contribution in [2.45, 2.75) is 69.0 Å². The first kappa shape index (κ1) is 33.8. The van der Waals surface area contributed by atoms with Gasteiger partial charge in [-0.1, -0.05) is 91.6 Å². The highest BCUT2D eigenvalue weighted by Crippen LogP contribution is 2.28. The van der Waals surface area contributed by atoms with Gasteiger partial charge < -0.3 is 10.2 Å². The van der Waals surface area contributed by atoms with E-state index in [0.29, 0.717) is 5.56 Å². The predicted octanol–water partition coefficient (Wildman–Crippen LogP) is 6.56. The predicted molar refractivity (Wildman–Crippen MR) is 178 cm³/mol. The van der Waals surface area contributed by atoms with Crippen molar-refractivity contribution in [3.63, 3.8) is 0 Å². The van der Waals surface area contributed by atoms with Crippen LogP contribution in [0.2, 0.25) is 0 Å². The molecule has 47 heavy (non-hydrogen) atoms. The molecule has 1 atom stereocenters. The number of para-hydroxylation sites is 1. The van der Waals surface area contributed by atoms with Crippen LogP contribution in [0.4, 0.5) is 14.5 Å². The summed E-state index contributed by atoms with van der Waals surface area (Å²) in [7, 11) is -4.43. The number of nitrogens with zero attached hydrogens (tertiary/aromatic N) is 2. The van der Waals surface area contributed by atoms with Crippen LogP contribution in [0.3, 0.4) is 0 Å². The Morgan fingerprint density at radius 3 is 2.11 bits per heavy atom. The number of amides is 2. The number of carbonyl (C=O) groups excluding carboxylic acids is 2. The first-order chi connectivity index (χ1) is 22.6. The lowest BCUT2D eigenvalue weighted by molar-refractivity contribution is -0.140. The molecular weight excluding hydrogens is 620 g/mol. The Kier molecular flexibility index (Phi) is 11.0. The Labute approximate surface area is 275 Å². The van der Waals surface area contributed by atoms with Crippen LogP contribution in [0.25, 0.3) is 0 Å². The van der Waals surface area contributed by atoms with Crippen molar-refractivity contribution >= 4 is 27.5 Å². The molecule has 0 saturated heterocycles. The van der Waals surface area contributed by atoms with Crippen molar-refractivity contribution in [2.24, 2.45) is 0 Å². The lowest BCUT2D eigenvalue weighted by Gasteiger charge is -2.35. The van der Waals surface area contributed by atoms with E-state index in [9.17, 15) is 22.4 Å². The normalized spacial score (nSPS) is 14.3. The molecule has 4 aromatic rings. The van der Waals surface area contributed by atoms with E-state index in [1.807, 2.05) is 37.3 Å². The average Bonchev–Trinajstić information content (AvgIpc) is 3.07. The summed E-state index contributed by atoms with van der Waals surface area (Å²) < 4.78 is 58.1. The van der Waals surface area contributed by atoms with Gasteiger partial charge in [0.2, 0.25) is 11.8 Å². The SMILES string of the molecule is Cc1ccc(S(=O)(=O)N(CC(=O)N(Cc2ccc(F)cc2)C(Cc2ccccc2)C(=O)NC2CCCCC2)c2ccccc2F)cc1. The van der Waals surface area contributed by atoms with Crippen molar-refractivity contribution in [3.05, 3.63) is 131 Å². The Hall–Kier alpha value is -4.57. The molecule has 7 nitrogen and oxygen atoms in total. The fourth-order valence-electron chi connectivity index (χ4n) is 5.89. The van der Waals surface area contributed by atoms with E-state index in [1.54, 1.807) is 12.1 Å². The second-order valence-electron chi connectivity index (χ2n) is 12.0. The number of carbonyl (C=O) groups is 2. The molecule has 0 bridgehead atoms. The molecule has 0 aromatic heterocycles. The summed E-state index contributed by atoms with van der Waals surface area (Å²) in [6.45, 7) is 0.928. The van der Waals surface area contributed by atoms with E-state index >= 15 is 4.39 Å². The summed E-state index contributed by atoms with van der Waals surface area (Å²) >= 11 is 0. The van der Waals surface area contributed by atoms with Gasteiger partial charge in [0.1, 0.15) is 24.2 Å². The second-order valence-corrected chi connectivity index (χ2v) is 13.8. The Morgan fingerprint density at radius 2 is 1.45 bits per heavy atom. The molecule has 1 saturated carbocycles. The molecule has 1 unspecified atom stereocenters. The van der Waals surface area contributed by atoms with E-state index in [-0.39, 0.29) is 35.5 Å². The molecule has 10 heteroatoms. The van der Waals surface area contributed by atoms with Gasteiger partial charge in [0.05, 0.1) is 10.6 Å². The lowest BCUT2D eigenvalue weighted by atomic mass is 9.94. The molecule has 246 valence electrons. The number of benzene rings is 4. The molecule has 5 rings (SSSR count). The zero-order chi connectivity index (χ0) is 33.4. The smallest absolute Gasteiger partial charge is 0.264 e. The van der Waals surface area contributed by atoms with Gasteiger partial charge in [0.15, 0.2) is 0 Å². The topological polar surface area (TPSA) is 86.8 Å². The van der Waals surface area contributed by atoms with Crippen molar-refractivity contribution < 1.29 is 26.8 Å². The van der Waals surface area contributed by atoms with Crippen LogP contribution in [0.1, 0.15) is 48.8 Å². The number of sulfonamides is 1. The van der Waals surface area contributed by atoms with Crippen LogP contribution < -0.4 is 9.62 Å². The maximum Gasteiger partial charge on any atom is 0.264 e. The third-order valence-corrected chi connectivity index (χ3v) is 10.3. The lowest BCUT2D eigenvalue weighted by Crippen LogP contribution is -2.55. The monoisotopic (exact) mass is 659 g/mol. The van der Waals surface area contributed by atoms with Crippen LogP contribution in [0.15, 0.2) is 108 Å². The first-order valence-electron chi connectivity index (χ1n) is 15.8. The molecule has 0 aliphatic heterocycles. The van der Waals surface area contributed by atoms with Crippen LogP contribution >= 0.6 is 0 Å². The zero-order valence-corrected chi connectivity index (χ0v) is 27.1. The molecule has 1 aliphatic rings. The number of aryl methyl sites for hydroxylation is 1. The van der Waals surface area contributed by atoms with E-state index < -0.39 is 40.2 Å². The van der Waals surface area contributed by atoms with Crippen molar-refractivity contribution in [1.82, 2.24) is 10.2 Å². The van der Waals surface area contributed by atoms with Gasteiger partial charge in [-0.3, -0.25) is 13.9 Å². The molecule has 0 spiro atoms. The molecule has 1 N–H and O–H groups in total. The van der Waals surface area contributed by atoms with Gasteiger partial charge in [-0.25, -0.2) is 17.2 Å². The fourth-order valence-corrected chi connectivity index (χ4v) is 7.31. The minimum absolute atomic E-state index is 0.0471. The fraction of sp³-hybridized carbons (Fsp3) is 0.297. The van der Waals surface area contributed by atoms with Crippen LogP contribution in [0.5, 0.6) is 0 Å². The average molecular weight is 660 g/mol. The standard InChI is InChI=1S/C37H39F2N3O4S/c1-27-16-22-32(23-17-27)47(45,46)42(34-15-9-8-14-33(34)39)26-36(43)41(25-29-18-20-30(38)21-19-29)35(24-28-10-4-2-5-11-28)37(44)40-31-12-6-3-7-13-31/h2,4-5,8-11,14-23,31,35H,3,6-7,12-13,24-26H2,1H3,(H,40,44). The maximum absolute atomic E-state index is 15.3. The summed E-state index contributed by atoms with van der Waals surface area (Å²) in [5.41, 5.74) is 1.87. The summed E-state index contributed by atoms with van der Waals surface area (Å²) in [5.74, 6) is -2.36. The maximum atomic E-state index is 15.3. The molecule has 4 aromatic carbocycles. The molecular formula is C37H39F2N3O4S. The number of hydrogen-bond acceptors (Lipinski definition) is 4. The van der Waals surface area contributed by atoms with E-state index in [1.165, 1.54) is 59.5 Å². The summed E-state index contributed by atoms with van der Waals surface area (Å²) in [6.07, 6.45) is 4.87. The highest BCUT2D eigenvalue weighted by Gasteiger charge is 2.36. The van der Waals surface area contributed by atoms with Crippen molar-refractivity contribution in [3.8, 4) is 0 Å². The third-order valence-electron chi connectivity index (χ3n) is 8.50. The van der Waals surface area contributed by atoms with E-state index in [2.05, 4.69) is 5.32 Å². The largest absolute Gasteiger partial charge is 0.352 e. The number of nitrogens with one attached hydrogen (secondary N) is 1. The van der Waals surface area contributed by atoms with Crippen LogP contribution in [-0.2, 0) is 32.6 Å². The van der Waals surface area contributed by atoms with Crippen LogP contribution in [-0.4, -0.2) is 43.8 Å². The van der Waals surface area contributed by atoms with Gasteiger partial charge in [-0.2, -0.15) is 0 Å². The minimum atomic E-state index is -4.43. The van der Waals surface area contributed by atoms with Gasteiger partial charge in [0, 0.05) is 19.0 Å². The molecule has 1 fully saturated rings. The highest BCUT2D eigenvalue weighted by atomic mass is 32.2. The highest BCUT2D eigenvalue weighted by molar-refractivity contribution is 7.92. The third kappa shape index (κ3) is 8.62. The van der Waals surface area contributed by atoms with Gasteiger partial charge in [0.25, 0.3) is 10.0 Å². The quantitative estimate of drug-likeness (QED) is 0.187. The summed E-state index contributed by atoms with van der Waals surface area (Å²) in [4.78, 5) is 29.8. The molecule has 2 amide bonds. The van der Waals surface area contributed by atoms with E-state index in [0.717, 1.165) is 53.6 Å². The first-order valence-corrected chi connectivity index (χ1v) is 17.3. The van der Waals surface area contributed by atoms with Crippen molar-refractivity contribution in [1.29, 1.82) is 0 Å². The number of anilines is 1. The number of hydrogen-bond donors (Lipinski definition) is 1. The molecule has 0 heterocycles. The van der Waals surface area contributed by atoms with E-state index in [4.69, 9.17) is 0 Å². The van der Waals surface area contributed by atoms with Gasteiger partial charge in [-0.15, -0.1) is 0 Å². The van der Waals surface area contributed by atoms with Gasteiger partial charge >= 0.3 is 0 Å². The Bertz CT molecular complexity index is 1760. The van der Waals surface area contributed by atoms with Gasteiger partial charge in [-0.05, 0) is 67.3 Å². The second kappa shape index (κ2) is 15.3. The van der Waals surface area contributed by atoms with Crippen molar-refractivity contribution in [2.75, 3.05) is 10.8 Å². The number of rotatable bonds is 12. The number of halogens is 2. The molecule has 1 aliphatic carbocycles. The minimum Gasteiger partial charge on any atom is -0.352 e.